The van der Waals surface area contributed by atoms with Crippen LogP contribution in [-0.4, -0.2) is 23.4 Å². The zero-order valence-corrected chi connectivity index (χ0v) is 12.2. The Kier molecular flexibility index (Phi) is 6.49. The third kappa shape index (κ3) is 5.20. The standard InChI is InChI=1S/C15H16N2O5/c1-3-4-5-9-15(19)22-10-14(18)16-12-7-6-8-13(11(12)2)17(20)21/h3-9H,10H2,1-2H3,(H,16,18)/b4-3+,9-5+. The van der Waals surface area contributed by atoms with Crippen LogP contribution in [0.25, 0.3) is 0 Å². The molecule has 0 fully saturated rings. The lowest BCUT2D eigenvalue weighted by molar-refractivity contribution is -0.385. The van der Waals surface area contributed by atoms with Gasteiger partial charge in [-0.1, -0.05) is 24.3 Å². The van der Waals surface area contributed by atoms with Crippen molar-refractivity contribution in [3.63, 3.8) is 0 Å². The zero-order valence-electron chi connectivity index (χ0n) is 12.2. The highest BCUT2D eigenvalue weighted by molar-refractivity contribution is 5.94. The van der Waals surface area contributed by atoms with Crippen LogP contribution in [0.15, 0.2) is 42.5 Å². The molecular formula is C15H16N2O5. The molecular weight excluding hydrogens is 288 g/mol. The maximum absolute atomic E-state index is 11.7. The van der Waals surface area contributed by atoms with Crippen molar-refractivity contribution in [3.8, 4) is 0 Å². The molecule has 0 aliphatic rings. The smallest absolute Gasteiger partial charge is 0.331 e. The number of carbonyl (C=O) groups is 2. The Morgan fingerprint density at radius 1 is 1.36 bits per heavy atom. The molecule has 0 aromatic heterocycles. The number of hydrogen-bond donors (Lipinski definition) is 1. The number of nitro benzene ring substituents is 1. The van der Waals surface area contributed by atoms with Crippen LogP contribution in [0.3, 0.4) is 0 Å². The van der Waals surface area contributed by atoms with Crippen LogP contribution >= 0.6 is 0 Å². The first-order valence-electron chi connectivity index (χ1n) is 6.45. The number of allylic oxidation sites excluding steroid dienone is 3. The normalized spacial score (nSPS) is 10.8. The van der Waals surface area contributed by atoms with Gasteiger partial charge in [-0.2, -0.15) is 0 Å². The van der Waals surface area contributed by atoms with E-state index in [2.05, 4.69) is 5.32 Å². The van der Waals surface area contributed by atoms with Crippen LogP contribution < -0.4 is 5.32 Å². The minimum atomic E-state index is -0.649. The van der Waals surface area contributed by atoms with E-state index in [1.807, 2.05) is 0 Å². The molecule has 0 aliphatic carbocycles. The molecule has 0 unspecified atom stereocenters. The topological polar surface area (TPSA) is 98.5 Å². The van der Waals surface area contributed by atoms with E-state index in [0.29, 0.717) is 11.3 Å². The lowest BCUT2D eigenvalue weighted by atomic mass is 10.1. The third-order valence-corrected chi connectivity index (χ3v) is 2.66. The fraction of sp³-hybridized carbons (Fsp3) is 0.200. The Bertz CT molecular complexity index is 635. The third-order valence-electron chi connectivity index (χ3n) is 2.66. The monoisotopic (exact) mass is 304 g/mol. The van der Waals surface area contributed by atoms with Crippen molar-refractivity contribution in [1.82, 2.24) is 0 Å². The minimum Gasteiger partial charge on any atom is -0.452 e. The van der Waals surface area contributed by atoms with Crippen LogP contribution in [0, 0.1) is 17.0 Å². The predicted octanol–water partition coefficient (Wildman–Crippen LogP) is 2.52. The Labute approximate surface area is 127 Å². The fourth-order valence-electron chi connectivity index (χ4n) is 1.57. The number of nitrogens with one attached hydrogen (secondary N) is 1. The Morgan fingerprint density at radius 3 is 2.73 bits per heavy atom. The summed E-state index contributed by atoms with van der Waals surface area (Å²) in [6.07, 6.45) is 6.06. The second kappa shape index (κ2) is 8.35. The summed E-state index contributed by atoms with van der Waals surface area (Å²) in [4.78, 5) is 33.2. The molecule has 116 valence electrons. The molecule has 0 aliphatic heterocycles. The first-order chi connectivity index (χ1) is 10.5. The van der Waals surface area contributed by atoms with E-state index in [4.69, 9.17) is 4.74 Å². The predicted molar refractivity (Wildman–Crippen MR) is 81.4 cm³/mol. The van der Waals surface area contributed by atoms with Crippen molar-refractivity contribution in [1.29, 1.82) is 0 Å². The first-order valence-corrected chi connectivity index (χ1v) is 6.45. The summed E-state index contributed by atoms with van der Waals surface area (Å²) < 4.78 is 4.73. The zero-order chi connectivity index (χ0) is 16.5. The lowest BCUT2D eigenvalue weighted by Gasteiger charge is -2.08. The number of hydrogen-bond acceptors (Lipinski definition) is 5. The minimum absolute atomic E-state index is 0.0934. The Hall–Kier alpha value is -2.96. The van der Waals surface area contributed by atoms with Crippen LogP contribution in [0.5, 0.6) is 0 Å². The molecule has 0 heterocycles. The molecule has 0 bridgehead atoms. The van der Waals surface area contributed by atoms with Gasteiger partial charge in [-0.25, -0.2) is 4.79 Å². The number of benzene rings is 1. The number of nitro groups is 1. The summed E-state index contributed by atoms with van der Waals surface area (Å²) in [6.45, 7) is 2.85. The van der Waals surface area contributed by atoms with Crippen LogP contribution in [-0.2, 0) is 14.3 Å². The van der Waals surface area contributed by atoms with E-state index in [0.717, 1.165) is 0 Å². The van der Waals surface area contributed by atoms with Gasteiger partial charge in [-0.15, -0.1) is 0 Å². The Morgan fingerprint density at radius 2 is 2.09 bits per heavy atom. The summed E-state index contributed by atoms with van der Waals surface area (Å²) in [5.74, 6) is -1.22. The molecule has 22 heavy (non-hydrogen) atoms. The van der Waals surface area contributed by atoms with Crippen molar-refractivity contribution in [2.45, 2.75) is 13.8 Å². The highest BCUT2D eigenvalue weighted by Gasteiger charge is 2.15. The Balaban J connectivity index is 2.61. The number of anilines is 1. The molecule has 0 atom stereocenters. The first kappa shape index (κ1) is 17.1. The van der Waals surface area contributed by atoms with Gasteiger partial charge in [-0.05, 0) is 19.9 Å². The van der Waals surface area contributed by atoms with Crippen molar-refractivity contribution >= 4 is 23.3 Å². The average Bonchev–Trinajstić information content (AvgIpc) is 2.47. The van der Waals surface area contributed by atoms with Crippen molar-refractivity contribution in [2.75, 3.05) is 11.9 Å². The molecule has 1 rings (SSSR count). The van der Waals surface area contributed by atoms with Gasteiger partial charge >= 0.3 is 5.97 Å². The van der Waals surface area contributed by atoms with E-state index in [-0.39, 0.29) is 5.69 Å². The van der Waals surface area contributed by atoms with Gasteiger partial charge in [0.05, 0.1) is 16.2 Å². The largest absolute Gasteiger partial charge is 0.452 e. The van der Waals surface area contributed by atoms with E-state index >= 15 is 0 Å². The van der Waals surface area contributed by atoms with Gasteiger partial charge in [0.15, 0.2) is 6.61 Å². The summed E-state index contributed by atoms with van der Waals surface area (Å²) in [5.41, 5.74) is 0.545. The molecule has 0 radical (unpaired) electrons. The quantitative estimate of drug-likeness (QED) is 0.286. The second-order valence-corrected chi connectivity index (χ2v) is 4.25. The average molecular weight is 304 g/mol. The summed E-state index contributed by atoms with van der Waals surface area (Å²) in [7, 11) is 0. The SMILES string of the molecule is C/C=C/C=C/C(=O)OCC(=O)Nc1cccc([N+](=O)[O-])c1C. The van der Waals surface area contributed by atoms with Gasteiger partial charge in [0, 0.05) is 12.1 Å². The highest BCUT2D eigenvalue weighted by atomic mass is 16.6. The van der Waals surface area contributed by atoms with Gasteiger partial charge in [0.1, 0.15) is 0 Å². The number of carbonyl (C=O) groups excluding carboxylic acids is 2. The van der Waals surface area contributed by atoms with Gasteiger partial charge < -0.3 is 10.1 Å². The number of rotatable bonds is 6. The summed E-state index contributed by atoms with van der Waals surface area (Å²) >= 11 is 0. The molecule has 7 nitrogen and oxygen atoms in total. The van der Waals surface area contributed by atoms with Crippen molar-refractivity contribution in [3.05, 3.63) is 58.2 Å². The van der Waals surface area contributed by atoms with E-state index in [9.17, 15) is 19.7 Å². The molecule has 1 aromatic rings. The maximum Gasteiger partial charge on any atom is 0.331 e. The van der Waals surface area contributed by atoms with Crippen LogP contribution in [0.4, 0.5) is 11.4 Å². The number of esters is 1. The highest BCUT2D eigenvalue weighted by Crippen LogP contribution is 2.24. The maximum atomic E-state index is 11.7. The van der Waals surface area contributed by atoms with E-state index in [1.54, 1.807) is 19.1 Å². The molecule has 0 saturated carbocycles. The molecule has 0 saturated heterocycles. The number of nitrogens with zero attached hydrogens (tertiary/aromatic N) is 1. The van der Waals surface area contributed by atoms with Gasteiger partial charge in [0.25, 0.3) is 11.6 Å². The van der Waals surface area contributed by atoms with E-state index < -0.39 is 23.4 Å². The fourth-order valence-corrected chi connectivity index (χ4v) is 1.57. The van der Waals surface area contributed by atoms with Crippen LogP contribution in [0.2, 0.25) is 0 Å². The number of ether oxygens (including phenoxy) is 1. The summed E-state index contributed by atoms with van der Waals surface area (Å²) in [6, 6.07) is 4.34. The second-order valence-electron chi connectivity index (χ2n) is 4.25. The molecule has 7 heteroatoms. The molecule has 0 spiro atoms. The van der Waals surface area contributed by atoms with Gasteiger partial charge in [0.2, 0.25) is 0 Å². The van der Waals surface area contributed by atoms with E-state index in [1.165, 1.54) is 37.3 Å². The molecule has 1 amide bonds. The lowest BCUT2D eigenvalue weighted by Crippen LogP contribution is -2.20. The summed E-state index contributed by atoms with van der Waals surface area (Å²) in [5, 5.41) is 13.3. The molecule has 1 aromatic carbocycles. The molecule has 1 N–H and O–H groups in total. The van der Waals surface area contributed by atoms with Crippen molar-refractivity contribution < 1.29 is 19.2 Å². The van der Waals surface area contributed by atoms with Crippen molar-refractivity contribution in [2.24, 2.45) is 0 Å². The van der Waals surface area contributed by atoms with Gasteiger partial charge in [-0.3, -0.25) is 14.9 Å². The van der Waals surface area contributed by atoms with Crippen LogP contribution in [0.1, 0.15) is 12.5 Å². The number of amides is 1.